The van der Waals surface area contributed by atoms with E-state index in [4.69, 9.17) is 10.8 Å². The lowest BCUT2D eigenvalue weighted by Crippen LogP contribution is -2.51. The number of para-hydroxylation sites is 1. The van der Waals surface area contributed by atoms with Gasteiger partial charge in [0.1, 0.15) is 6.04 Å². The van der Waals surface area contributed by atoms with Crippen molar-refractivity contribution in [2.24, 2.45) is 18.7 Å². The lowest BCUT2D eigenvalue weighted by atomic mass is 10.0. The van der Waals surface area contributed by atoms with Gasteiger partial charge in [-0.1, -0.05) is 32.0 Å². The summed E-state index contributed by atoms with van der Waals surface area (Å²) in [6.45, 7) is 3.49. The van der Waals surface area contributed by atoms with Crippen LogP contribution in [0.4, 0.5) is 0 Å². The minimum Gasteiger partial charge on any atom is -0.480 e. The number of aliphatic carboxylic acids is 1. The molecule has 6 nitrogen and oxygen atoms in total. The van der Waals surface area contributed by atoms with Crippen LogP contribution in [0.5, 0.6) is 0 Å². The summed E-state index contributed by atoms with van der Waals surface area (Å²) in [5.41, 5.74) is 8.03. The molecule has 1 aromatic carbocycles. The van der Waals surface area contributed by atoms with Crippen molar-refractivity contribution in [1.82, 2.24) is 9.88 Å². The van der Waals surface area contributed by atoms with Crippen molar-refractivity contribution in [3.8, 4) is 0 Å². The smallest absolute Gasteiger partial charge is 0.326 e. The Morgan fingerprint density at radius 1 is 1.29 bits per heavy atom. The van der Waals surface area contributed by atoms with Crippen LogP contribution in [0.1, 0.15) is 19.4 Å². The molecule has 7 heteroatoms. The molecule has 24 heavy (non-hydrogen) atoms. The fourth-order valence-electron chi connectivity index (χ4n) is 2.69. The zero-order chi connectivity index (χ0) is 17.1. The Labute approximate surface area is 147 Å². The average Bonchev–Trinajstić information content (AvgIpc) is 2.80. The number of aryl methyl sites for hydroxylation is 1. The number of halogens is 1. The van der Waals surface area contributed by atoms with Gasteiger partial charge in [0.25, 0.3) is 0 Å². The summed E-state index contributed by atoms with van der Waals surface area (Å²) in [7, 11) is 1.94. The predicted molar refractivity (Wildman–Crippen MR) is 96.3 cm³/mol. The van der Waals surface area contributed by atoms with E-state index in [9.17, 15) is 9.59 Å². The van der Waals surface area contributed by atoms with Crippen LogP contribution in [0.2, 0.25) is 0 Å². The van der Waals surface area contributed by atoms with Crippen LogP contribution in [0.15, 0.2) is 30.5 Å². The van der Waals surface area contributed by atoms with E-state index in [1.165, 1.54) is 0 Å². The van der Waals surface area contributed by atoms with Crippen LogP contribution < -0.4 is 11.1 Å². The first-order valence-electron chi connectivity index (χ1n) is 7.63. The van der Waals surface area contributed by atoms with Gasteiger partial charge in [0.15, 0.2) is 0 Å². The minimum atomic E-state index is -1.05. The number of nitrogens with one attached hydrogen (secondary N) is 1. The number of carbonyl (C=O) groups is 2. The second-order valence-electron chi connectivity index (χ2n) is 6.16. The van der Waals surface area contributed by atoms with E-state index in [-0.39, 0.29) is 18.3 Å². The Hall–Kier alpha value is -2.05. The minimum absolute atomic E-state index is 0. The monoisotopic (exact) mass is 353 g/mol. The van der Waals surface area contributed by atoms with E-state index in [2.05, 4.69) is 5.32 Å². The van der Waals surface area contributed by atoms with Crippen LogP contribution in [0.3, 0.4) is 0 Å². The molecule has 0 aliphatic rings. The number of nitrogens with zero attached hydrogens (tertiary/aromatic N) is 1. The number of carboxylic acids is 1. The van der Waals surface area contributed by atoms with Gasteiger partial charge in [-0.05, 0) is 24.0 Å². The van der Waals surface area contributed by atoms with Crippen LogP contribution in [0.25, 0.3) is 10.9 Å². The summed E-state index contributed by atoms with van der Waals surface area (Å²) >= 11 is 0. The lowest BCUT2D eigenvalue weighted by Gasteiger charge is -2.20. The molecule has 1 heterocycles. The highest BCUT2D eigenvalue weighted by molar-refractivity contribution is 5.89. The summed E-state index contributed by atoms with van der Waals surface area (Å²) in [6, 6.07) is 6.17. The van der Waals surface area contributed by atoms with E-state index in [0.717, 1.165) is 16.5 Å². The number of carbonyl (C=O) groups excluding carboxylic acids is 1. The number of aromatic nitrogens is 1. The van der Waals surface area contributed by atoms with Crippen LogP contribution in [-0.4, -0.2) is 33.6 Å². The van der Waals surface area contributed by atoms with E-state index in [1.54, 1.807) is 13.8 Å². The standard InChI is InChI=1S/C17H23N3O3.ClH/c1-10(2)15(17(22)23)19-16(21)13(18)8-11-9-20(3)14-7-5-4-6-12(11)14;/h4-7,9-10,13,15H,8,18H2,1-3H3,(H,19,21)(H,22,23);1H. The SMILES string of the molecule is CC(C)C(NC(=O)C(N)Cc1cn(C)c2ccccc12)C(=O)O.Cl. The van der Waals surface area contributed by atoms with E-state index < -0.39 is 24.0 Å². The number of fused-ring (bicyclic) bond motifs is 1. The third-order valence-electron chi connectivity index (χ3n) is 3.99. The van der Waals surface area contributed by atoms with E-state index in [1.807, 2.05) is 42.1 Å². The number of carboxylic acid groups (broad SMARTS) is 1. The molecule has 2 aromatic rings. The van der Waals surface area contributed by atoms with Gasteiger partial charge in [0, 0.05) is 24.1 Å². The van der Waals surface area contributed by atoms with Crippen molar-refractivity contribution in [3.63, 3.8) is 0 Å². The summed E-state index contributed by atoms with van der Waals surface area (Å²) in [5, 5.41) is 12.7. The van der Waals surface area contributed by atoms with Crippen LogP contribution >= 0.6 is 12.4 Å². The maximum Gasteiger partial charge on any atom is 0.326 e. The van der Waals surface area contributed by atoms with E-state index >= 15 is 0 Å². The maximum atomic E-state index is 12.2. The first kappa shape index (κ1) is 20.0. The molecule has 2 atom stereocenters. The third kappa shape index (κ3) is 4.27. The first-order chi connectivity index (χ1) is 10.8. The van der Waals surface area contributed by atoms with Crippen LogP contribution in [0, 0.1) is 5.92 Å². The molecule has 0 bridgehead atoms. The Kier molecular flexibility index (Phi) is 6.81. The second-order valence-corrected chi connectivity index (χ2v) is 6.16. The molecule has 1 aromatic heterocycles. The highest BCUT2D eigenvalue weighted by Gasteiger charge is 2.26. The van der Waals surface area contributed by atoms with Gasteiger partial charge < -0.3 is 20.7 Å². The van der Waals surface area contributed by atoms with Crippen molar-refractivity contribution >= 4 is 35.2 Å². The number of hydrogen-bond donors (Lipinski definition) is 3. The summed E-state index contributed by atoms with van der Waals surface area (Å²) < 4.78 is 1.99. The van der Waals surface area contributed by atoms with Gasteiger partial charge in [-0.2, -0.15) is 0 Å². The molecule has 2 rings (SSSR count). The van der Waals surface area contributed by atoms with Crippen molar-refractivity contribution in [2.45, 2.75) is 32.4 Å². The number of hydrogen-bond acceptors (Lipinski definition) is 3. The molecule has 0 saturated carbocycles. The van der Waals surface area contributed by atoms with Crippen molar-refractivity contribution in [2.75, 3.05) is 0 Å². The molecule has 4 N–H and O–H groups in total. The molecular weight excluding hydrogens is 330 g/mol. The molecule has 0 fully saturated rings. The molecule has 132 valence electrons. The highest BCUT2D eigenvalue weighted by atomic mass is 35.5. The Morgan fingerprint density at radius 3 is 2.50 bits per heavy atom. The zero-order valence-corrected chi connectivity index (χ0v) is 14.8. The molecule has 2 unspecified atom stereocenters. The highest BCUT2D eigenvalue weighted by Crippen LogP contribution is 2.21. The van der Waals surface area contributed by atoms with Gasteiger partial charge in [-0.3, -0.25) is 4.79 Å². The predicted octanol–water partition coefficient (Wildman–Crippen LogP) is 1.70. The zero-order valence-electron chi connectivity index (χ0n) is 14.0. The fraction of sp³-hybridized carbons (Fsp3) is 0.412. The quantitative estimate of drug-likeness (QED) is 0.736. The molecule has 0 saturated heterocycles. The van der Waals surface area contributed by atoms with Gasteiger partial charge in [-0.25, -0.2) is 4.79 Å². The normalized spacial score (nSPS) is 13.4. The van der Waals surface area contributed by atoms with Crippen LogP contribution in [-0.2, 0) is 23.1 Å². The fourth-order valence-corrected chi connectivity index (χ4v) is 2.69. The largest absolute Gasteiger partial charge is 0.480 e. The molecule has 0 spiro atoms. The average molecular weight is 354 g/mol. The van der Waals surface area contributed by atoms with Gasteiger partial charge >= 0.3 is 5.97 Å². The maximum absolute atomic E-state index is 12.2. The van der Waals surface area contributed by atoms with Crippen molar-refractivity contribution in [3.05, 3.63) is 36.0 Å². The number of nitrogens with two attached hydrogens (primary N) is 1. The van der Waals surface area contributed by atoms with Gasteiger partial charge in [-0.15, -0.1) is 12.4 Å². The number of amides is 1. The Balaban J connectivity index is 0.00000288. The van der Waals surface area contributed by atoms with Gasteiger partial charge in [0.05, 0.1) is 6.04 Å². The van der Waals surface area contributed by atoms with Crippen molar-refractivity contribution in [1.29, 1.82) is 0 Å². The molecule has 1 amide bonds. The molecular formula is C17H24ClN3O3. The summed E-state index contributed by atoms with van der Waals surface area (Å²) in [5.74, 6) is -1.70. The molecule has 0 aliphatic heterocycles. The third-order valence-corrected chi connectivity index (χ3v) is 3.99. The Morgan fingerprint density at radius 2 is 1.92 bits per heavy atom. The van der Waals surface area contributed by atoms with Gasteiger partial charge in [0.2, 0.25) is 5.91 Å². The number of benzene rings is 1. The topological polar surface area (TPSA) is 97.4 Å². The summed E-state index contributed by atoms with van der Waals surface area (Å²) in [4.78, 5) is 23.4. The first-order valence-corrected chi connectivity index (χ1v) is 7.63. The summed E-state index contributed by atoms with van der Waals surface area (Å²) in [6.07, 6.45) is 2.31. The molecule has 0 aliphatic carbocycles. The molecule has 0 radical (unpaired) electrons. The Bertz CT molecular complexity index is 727. The number of rotatable bonds is 6. The lowest BCUT2D eigenvalue weighted by molar-refractivity contribution is -0.143. The van der Waals surface area contributed by atoms with Crippen molar-refractivity contribution < 1.29 is 14.7 Å². The second kappa shape index (κ2) is 8.17. The van der Waals surface area contributed by atoms with E-state index in [0.29, 0.717) is 6.42 Å².